The van der Waals surface area contributed by atoms with Gasteiger partial charge in [-0.05, 0) is 40.3 Å². The maximum absolute atomic E-state index is 4.75. The molecular weight excluding hydrogens is 252 g/mol. The molecule has 0 aliphatic heterocycles. The number of nitrogens with zero attached hydrogens (tertiary/aromatic N) is 1. The second-order valence-electron chi connectivity index (χ2n) is 7.93. The molecule has 0 bridgehead atoms. The molecule has 0 aliphatic carbocycles. The summed E-state index contributed by atoms with van der Waals surface area (Å²) in [5, 5.41) is 0.225. The summed E-state index contributed by atoms with van der Waals surface area (Å²) in [6.07, 6.45) is 2.07. The normalized spacial score (nSPS) is 12.4. The lowest BCUT2D eigenvalue weighted by molar-refractivity contribution is 0.687. The van der Waals surface area contributed by atoms with Crippen molar-refractivity contribution in [1.82, 2.24) is 4.98 Å². The lowest BCUT2D eigenvalue weighted by Gasteiger charge is -2.30. The van der Waals surface area contributed by atoms with Crippen LogP contribution in [0.4, 0.5) is 0 Å². The van der Waals surface area contributed by atoms with Crippen LogP contribution in [0.3, 0.4) is 0 Å². The zero-order valence-electron chi connectivity index (χ0n) is 14.4. The molecule has 0 unspecified atom stereocenters. The molecule has 0 saturated heterocycles. The number of benzene rings is 1. The first-order chi connectivity index (χ1) is 9.60. The van der Waals surface area contributed by atoms with Gasteiger partial charge in [0, 0.05) is 11.8 Å². The van der Waals surface area contributed by atoms with Crippen LogP contribution in [0.1, 0.15) is 44.4 Å². The van der Waals surface area contributed by atoms with E-state index in [1.807, 2.05) is 0 Å². The SMILES string of the molecule is BC(C)(C)c1cnc(-c2ccccc2C)cc1C(B)(C)C. The van der Waals surface area contributed by atoms with E-state index in [2.05, 4.69) is 86.8 Å². The zero-order valence-corrected chi connectivity index (χ0v) is 14.4. The van der Waals surface area contributed by atoms with E-state index < -0.39 is 0 Å². The number of aryl methyl sites for hydroxylation is 1. The van der Waals surface area contributed by atoms with Gasteiger partial charge in [-0.2, -0.15) is 0 Å². The van der Waals surface area contributed by atoms with Gasteiger partial charge in [0.15, 0.2) is 0 Å². The van der Waals surface area contributed by atoms with Crippen molar-refractivity contribution >= 4 is 15.7 Å². The Morgan fingerprint density at radius 1 is 0.905 bits per heavy atom. The van der Waals surface area contributed by atoms with Gasteiger partial charge in [0.2, 0.25) is 0 Å². The number of pyridine rings is 1. The smallest absolute Gasteiger partial charge is 0.114 e. The summed E-state index contributed by atoms with van der Waals surface area (Å²) < 4.78 is 0. The average Bonchev–Trinajstić information content (AvgIpc) is 2.36. The van der Waals surface area contributed by atoms with E-state index in [0.717, 1.165) is 5.69 Å². The minimum Gasteiger partial charge on any atom is -0.256 e. The van der Waals surface area contributed by atoms with E-state index in [-0.39, 0.29) is 10.6 Å². The molecule has 0 N–H and O–H groups in total. The molecular formula is C18H25B2N. The van der Waals surface area contributed by atoms with E-state index in [4.69, 9.17) is 4.98 Å². The van der Waals surface area contributed by atoms with E-state index in [9.17, 15) is 0 Å². The topological polar surface area (TPSA) is 12.9 Å². The summed E-state index contributed by atoms with van der Waals surface area (Å²) in [7, 11) is 4.53. The fraction of sp³-hybridized carbons (Fsp3) is 0.389. The molecule has 1 heterocycles. The van der Waals surface area contributed by atoms with Crippen LogP contribution >= 0.6 is 0 Å². The second-order valence-corrected chi connectivity index (χ2v) is 7.93. The van der Waals surface area contributed by atoms with Crippen LogP contribution in [0.15, 0.2) is 36.5 Å². The van der Waals surface area contributed by atoms with Crippen LogP contribution in [0.2, 0.25) is 0 Å². The van der Waals surface area contributed by atoms with Gasteiger partial charge >= 0.3 is 0 Å². The van der Waals surface area contributed by atoms with Crippen molar-refractivity contribution in [2.45, 2.75) is 45.2 Å². The van der Waals surface area contributed by atoms with Crippen molar-refractivity contribution in [3.63, 3.8) is 0 Å². The summed E-state index contributed by atoms with van der Waals surface area (Å²) in [6.45, 7) is 11.2. The Balaban J connectivity index is 2.66. The van der Waals surface area contributed by atoms with Gasteiger partial charge in [0.25, 0.3) is 0 Å². The number of hydrogen-bond acceptors (Lipinski definition) is 1. The molecule has 108 valence electrons. The standard InChI is InChI=1S/C18H25B2N/c1-12-8-6-7-9-13(12)16-10-14(17(2,3)19)15(11-21-16)18(4,5)20/h6-11H,19-20H2,1-5H3. The molecule has 21 heavy (non-hydrogen) atoms. The molecule has 2 aromatic rings. The molecule has 1 aromatic heterocycles. The zero-order chi connectivity index (χ0) is 15.8. The summed E-state index contributed by atoms with van der Waals surface area (Å²) in [6, 6.07) is 10.7. The van der Waals surface area contributed by atoms with Crippen LogP contribution in [0.5, 0.6) is 0 Å². The fourth-order valence-corrected chi connectivity index (χ4v) is 2.68. The first-order valence-electron chi connectivity index (χ1n) is 7.68. The first kappa shape index (κ1) is 15.9. The molecule has 0 radical (unpaired) electrons. The molecule has 0 amide bonds. The van der Waals surface area contributed by atoms with Crippen LogP contribution in [-0.4, -0.2) is 20.7 Å². The van der Waals surface area contributed by atoms with Crippen LogP contribution < -0.4 is 0 Å². The summed E-state index contributed by atoms with van der Waals surface area (Å²) in [5.41, 5.74) is 6.30. The fourth-order valence-electron chi connectivity index (χ4n) is 2.68. The molecule has 0 fully saturated rings. The molecule has 2 rings (SSSR count). The highest BCUT2D eigenvalue weighted by Gasteiger charge is 2.26. The van der Waals surface area contributed by atoms with Gasteiger partial charge in [-0.25, -0.2) is 0 Å². The Morgan fingerprint density at radius 2 is 1.48 bits per heavy atom. The van der Waals surface area contributed by atoms with Gasteiger partial charge in [-0.15, -0.1) is 0 Å². The largest absolute Gasteiger partial charge is 0.256 e. The van der Waals surface area contributed by atoms with Gasteiger partial charge in [0.1, 0.15) is 15.7 Å². The third-order valence-electron chi connectivity index (χ3n) is 3.94. The monoisotopic (exact) mass is 277 g/mol. The van der Waals surface area contributed by atoms with Gasteiger partial charge in [-0.3, -0.25) is 4.98 Å². The highest BCUT2D eigenvalue weighted by Crippen LogP contribution is 2.33. The van der Waals surface area contributed by atoms with Gasteiger partial charge < -0.3 is 0 Å². The quantitative estimate of drug-likeness (QED) is 0.786. The molecule has 0 aliphatic rings. The molecule has 3 heteroatoms. The average molecular weight is 277 g/mol. The molecule has 0 saturated carbocycles. The van der Waals surface area contributed by atoms with Crippen LogP contribution in [0.25, 0.3) is 11.3 Å². The Hall–Kier alpha value is -1.50. The predicted octanol–water partition coefficient (Wildman–Crippen LogP) is 2.79. The van der Waals surface area contributed by atoms with Crippen molar-refractivity contribution in [2.24, 2.45) is 0 Å². The van der Waals surface area contributed by atoms with Crippen molar-refractivity contribution in [2.75, 3.05) is 0 Å². The lowest BCUT2D eigenvalue weighted by Crippen LogP contribution is -2.27. The molecule has 0 spiro atoms. The number of rotatable bonds is 3. The van der Waals surface area contributed by atoms with E-state index in [1.54, 1.807) is 0 Å². The number of hydrogen-bond donors (Lipinski definition) is 0. The molecule has 1 nitrogen and oxygen atoms in total. The Kier molecular flexibility index (Phi) is 4.06. The van der Waals surface area contributed by atoms with Crippen molar-refractivity contribution < 1.29 is 0 Å². The Bertz CT molecular complexity index is 649. The van der Waals surface area contributed by atoms with E-state index in [1.165, 1.54) is 22.3 Å². The summed E-state index contributed by atoms with van der Waals surface area (Å²) in [5.74, 6) is 0. The van der Waals surface area contributed by atoms with Crippen LogP contribution in [-0.2, 0) is 10.6 Å². The third-order valence-corrected chi connectivity index (χ3v) is 3.94. The lowest BCUT2D eigenvalue weighted by atomic mass is 9.59. The van der Waals surface area contributed by atoms with Crippen molar-refractivity contribution in [3.8, 4) is 11.3 Å². The first-order valence-corrected chi connectivity index (χ1v) is 7.68. The highest BCUT2D eigenvalue weighted by molar-refractivity contribution is 6.17. The second kappa shape index (κ2) is 5.36. The van der Waals surface area contributed by atoms with Crippen LogP contribution in [0, 0.1) is 6.92 Å². The summed E-state index contributed by atoms with van der Waals surface area (Å²) in [4.78, 5) is 4.75. The van der Waals surface area contributed by atoms with Gasteiger partial charge in [-0.1, -0.05) is 52.0 Å². The Morgan fingerprint density at radius 3 is 2.00 bits per heavy atom. The van der Waals surface area contributed by atoms with E-state index >= 15 is 0 Å². The minimum atomic E-state index is 0.111. The maximum atomic E-state index is 4.75. The predicted molar refractivity (Wildman–Crippen MR) is 97.6 cm³/mol. The molecule has 0 atom stereocenters. The summed E-state index contributed by atoms with van der Waals surface area (Å²) >= 11 is 0. The number of aromatic nitrogens is 1. The Labute approximate surface area is 131 Å². The van der Waals surface area contributed by atoms with Crippen molar-refractivity contribution in [1.29, 1.82) is 0 Å². The third kappa shape index (κ3) is 3.40. The van der Waals surface area contributed by atoms with Gasteiger partial charge in [0.05, 0.1) is 5.69 Å². The highest BCUT2D eigenvalue weighted by atomic mass is 14.7. The minimum absolute atomic E-state index is 0.111. The van der Waals surface area contributed by atoms with Crippen molar-refractivity contribution in [3.05, 3.63) is 53.2 Å². The maximum Gasteiger partial charge on any atom is 0.114 e. The molecule has 1 aromatic carbocycles. The van der Waals surface area contributed by atoms with E-state index in [0.29, 0.717) is 0 Å².